The van der Waals surface area contributed by atoms with Crippen molar-refractivity contribution in [3.63, 3.8) is 0 Å². The van der Waals surface area contributed by atoms with Crippen molar-refractivity contribution in [3.05, 3.63) is 29.3 Å². The van der Waals surface area contributed by atoms with Gasteiger partial charge >= 0.3 is 6.03 Å². The first-order valence-corrected chi connectivity index (χ1v) is 6.38. The normalized spacial score (nSPS) is 15.1. The van der Waals surface area contributed by atoms with Gasteiger partial charge in [-0.2, -0.15) is 5.26 Å². The third-order valence-corrected chi connectivity index (χ3v) is 3.22. The highest BCUT2D eigenvalue weighted by Crippen LogP contribution is 2.23. The van der Waals surface area contributed by atoms with Crippen LogP contribution in [0.4, 0.5) is 10.5 Å². The molecule has 2 rings (SSSR count). The molecule has 1 aliphatic rings. The number of urea groups is 1. The molecule has 1 aromatic carbocycles. The number of carbonyl (C=O) groups excluding carboxylic acids is 2. The molecule has 0 bridgehead atoms. The summed E-state index contributed by atoms with van der Waals surface area (Å²) in [6.45, 7) is -0.00749. The second-order valence-corrected chi connectivity index (χ2v) is 4.70. The van der Waals surface area contributed by atoms with Gasteiger partial charge in [-0.1, -0.05) is 11.6 Å². The minimum Gasteiger partial charge on any atom is -0.285 e. The second-order valence-electron chi connectivity index (χ2n) is 3.53. The first-order valence-electron chi connectivity index (χ1n) is 5.02. The maximum absolute atomic E-state index is 12.0. The number of halogens is 1. The van der Waals surface area contributed by atoms with Gasteiger partial charge in [0.05, 0.1) is 5.88 Å². The van der Waals surface area contributed by atoms with Gasteiger partial charge in [0.2, 0.25) is 0 Å². The van der Waals surface area contributed by atoms with Crippen molar-refractivity contribution in [2.24, 2.45) is 0 Å². The van der Waals surface area contributed by atoms with Crippen LogP contribution in [-0.4, -0.2) is 29.3 Å². The standard InChI is InChI=1S/C11H8ClN3O2S/c12-8-1-3-9(4-2-8)14-5-10(16)15(11(14)17)7-18-6-13/h1-4H,5,7H2. The number of nitrogens with zero attached hydrogens (tertiary/aromatic N) is 3. The lowest BCUT2D eigenvalue weighted by molar-refractivity contribution is -0.124. The van der Waals surface area contributed by atoms with E-state index in [2.05, 4.69) is 0 Å². The van der Waals surface area contributed by atoms with Crippen molar-refractivity contribution >= 4 is 41.0 Å². The van der Waals surface area contributed by atoms with Gasteiger partial charge in [0.15, 0.2) is 0 Å². The molecule has 0 N–H and O–H groups in total. The predicted molar refractivity (Wildman–Crippen MR) is 69.1 cm³/mol. The van der Waals surface area contributed by atoms with Crippen LogP contribution < -0.4 is 4.90 Å². The Balaban J connectivity index is 2.17. The molecule has 18 heavy (non-hydrogen) atoms. The Morgan fingerprint density at radius 1 is 1.33 bits per heavy atom. The topological polar surface area (TPSA) is 64.4 Å². The van der Waals surface area contributed by atoms with Crippen LogP contribution in [0, 0.1) is 10.7 Å². The van der Waals surface area contributed by atoms with E-state index in [0.717, 1.165) is 16.7 Å². The van der Waals surface area contributed by atoms with Crippen molar-refractivity contribution in [1.29, 1.82) is 5.26 Å². The lowest BCUT2D eigenvalue weighted by atomic mass is 10.3. The summed E-state index contributed by atoms with van der Waals surface area (Å²) in [5.74, 6) is -0.254. The molecule has 0 saturated carbocycles. The fraction of sp³-hybridized carbons (Fsp3) is 0.182. The third kappa shape index (κ3) is 2.42. The maximum atomic E-state index is 12.0. The van der Waals surface area contributed by atoms with Gasteiger partial charge in [-0.15, -0.1) is 0 Å². The van der Waals surface area contributed by atoms with Gasteiger partial charge in [0.25, 0.3) is 5.91 Å². The summed E-state index contributed by atoms with van der Waals surface area (Å²) in [6.07, 6.45) is 0. The molecule has 1 aromatic rings. The van der Waals surface area contributed by atoms with Gasteiger partial charge in [-0.05, 0) is 36.0 Å². The molecule has 0 spiro atoms. The minimum absolute atomic E-state index is 0.00749. The van der Waals surface area contributed by atoms with E-state index in [-0.39, 0.29) is 18.3 Å². The number of thioether (sulfide) groups is 1. The number of benzene rings is 1. The van der Waals surface area contributed by atoms with E-state index >= 15 is 0 Å². The monoisotopic (exact) mass is 281 g/mol. The second kappa shape index (κ2) is 5.29. The quantitative estimate of drug-likeness (QED) is 0.630. The summed E-state index contributed by atoms with van der Waals surface area (Å²) < 4.78 is 0. The fourth-order valence-corrected chi connectivity index (χ4v) is 2.15. The number of thiocyanates is 1. The molecule has 0 aromatic heterocycles. The number of amides is 3. The summed E-state index contributed by atoms with van der Waals surface area (Å²) >= 11 is 6.62. The Kier molecular flexibility index (Phi) is 3.75. The van der Waals surface area contributed by atoms with E-state index in [4.69, 9.17) is 16.9 Å². The molecular weight excluding hydrogens is 274 g/mol. The van der Waals surface area contributed by atoms with Gasteiger partial charge in [-0.25, -0.2) is 4.79 Å². The number of hydrogen-bond acceptors (Lipinski definition) is 4. The number of rotatable bonds is 3. The molecule has 7 heteroatoms. The average molecular weight is 282 g/mol. The molecule has 5 nitrogen and oxygen atoms in total. The molecule has 0 unspecified atom stereocenters. The smallest absolute Gasteiger partial charge is 0.285 e. The van der Waals surface area contributed by atoms with E-state index in [1.165, 1.54) is 4.90 Å². The SMILES string of the molecule is N#CSCN1C(=O)CN(c2ccc(Cl)cc2)C1=O. The van der Waals surface area contributed by atoms with Crippen LogP contribution in [0.2, 0.25) is 5.02 Å². The molecule has 1 heterocycles. The molecular formula is C11H8ClN3O2S. The van der Waals surface area contributed by atoms with Gasteiger partial charge in [0, 0.05) is 10.7 Å². The van der Waals surface area contributed by atoms with Gasteiger partial charge < -0.3 is 0 Å². The first-order chi connectivity index (χ1) is 8.63. The zero-order chi connectivity index (χ0) is 13.1. The predicted octanol–water partition coefficient (Wildman–Crippen LogP) is 2.28. The summed E-state index contributed by atoms with van der Waals surface area (Å²) in [4.78, 5) is 26.1. The molecule has 1 saturated heterocycles. The molecule has 0 atom stereocenters. The van der Waals surface area contributed by atoms with E-state index < -0.39 is 6.03 Å². The summed E-state index contributed by atoms with van der Waals surface area (Å²) in [5, 5.41) is 10.8. The van der Waals surface area contributed by atoms with E-state index in [1.807, 2.05) is 5.40 Å². The highest BCUT2D eigenvalue weighted by molar-refractivity contribution is 8.03. The molecule has 1 fully saturated rings. The van der Waals surface area contributed by atoms with E-state index in [1.54, 1.807) is 24.3 Å². The van der Waals surface area contributed by atoms with Crippen molar-refractivity contribution in [2.75, 3.05) is 17.3 Å². The Hall–Kier alpha value is -1.71. The molecule has 1 aliphatic heterocycles. The maximum Gasteiger partial charge on any atom is 0.332 e. The highest BCUT2D eigenvalue weighted by Gasteiger charge is 2.36. The fourth-order valence-electron chi connectivity index (χ4n) is 1.58. The third-order valence-electron chi connectivity index (χ3n) is 2.45. The number of anilines is 1. The Labute approximate surface area is 113 Å². The van der Waals surface area contributed by atoms with Crippen LogP contribution >= 0.6 is 23.4 Å². The number of nitriles is 1. The van der Waals surface area contributed by atoms with Crippen molar-refractivity contribution in [3.8, 4) is 5.40 Å². The molecule has 92 valence electrons. The lowest BCUT2D eigenvalue weighted by Gasteiger charge is -2.15. The van der Waals surface area contributed by atoms with Crippen LogP contribution in [0.15, 0.2) is 24.3 Å². The number of hydrogen-bond donors (Lipinski definition) is 0. The van der Waals surface area contributed by atoms with Crippen LogP contribution in [0.3, 0.4) is 0 Å². The zero-order valence-corrected chi connectivity index (χ0v) is 10.7. The molecule has 3 amide bonds. The van der Waals surface area contributed by atoms with Crippen LogP contribution in [0.5, 0.6) is 0 Å². The molecule has 0 aliphatic carbocycles. The zero-order valence-electron chi connectivity index (χ0n) is 9.17. The van der Waals surface area contributed by atoms with Crippen LogP contribution in [0.1, 0.15) is 0 Å². The summed E-state index contributed by atoms with van der Waals surface area (Å²) in [5.41, 5.74) is 0.613. The molecule has 0 radical (unpaired) electrons. The van der Waals surface area contributed by atoms with Crippen molar-refractivity contribution in [2.45, 2.75) is 0 Å². The van der Waals surface area contributed by atoms with Gasteiger partial charge in [0.1, 0.15) is 11.9 Å². The van der Waals surface area contributed by atoms with Crippen LogP contribution in [-0.2, 0) is 4.79 Å². The Morgan fingerprint density at radius 3 is 2.61 bits per heavy atom. The van der Waals surface area contributed by atoms with E-state index in [9.17, 15) is 9.59 Å². The average Bonchev–Trinajstić information content (AvgIpc) is 2.64. The van der Waals surface area contributed by atoms with E-state index in [0.29, 0.717) is 10.7 Å². The lowest BCUT2D eigenvalue weighted by Crippen LogP contribution is -2.32. The van der Waals surface area contributed by atoms with Crippen LogP contribution in [0.25, 0.3) is 0 Å². The summed E-state index contributed by atoms with van der Waals surface area (Å²) in [7, 11) is 0. The number of imide groups is 1. The van der Waals surface area contributed by atoms with Gasteiger partial charge in [-0.3, -0.25) is 14.6 Å². The first kappa shape index (κ1) is 12.7. The van der Waals surface area contributed by atoms with Crippen molar-refractivity contribution in [1.82, 2.24) is 4.90 Å². The Morgan fingerprint density at radius 2 is 2.00 bits per heavy atom. The summed E-state index contributed by atoms with van der Waals surface area (Å²) in [6, 6.07) is 6.25. The number of carbonyl (C=O) groups is 2. The highest BCUT2D eigenvalue weighted by atomic mass is 35.5. The minimum atomic E-state index is -0.412. The Bertz CT molecular complexity index is 526. The van der Waals surface area contributed by atoms with Crippen molar-refractivity contribution < 1.29 is 9.59 Å². The largest absolute Gasteiger partial charge is 0.332 e.